The largest absolute Gasteiger partial charge is 0.350 e. The minimum atomic E-state index is -0.238. The average Bonchev–Trinajstić information content (AvgIpc) is 3.10. The zero-order valence-corrected chi connectivity index (χ0v) is 13.5. The van der Waals surface area contributed by atoms with Crippen molar-refractivity contribution in [2.45, 2.75) is 4.34 Å². The summed E-state index contributed by atoms with van der Waals surface area (Å²) in [6.45, 7) is 0. The number of fused-ring (bicyclic) bond motifs is 2. The van der Waals surface area contributed by atoms with Gasteiger partial charge in [-0.3, -0.25) is 4.79 Å². The van der Waals surface area contributed by atoms with Crippen LogP contribution in [0.5, 0.6) is 0 Å². The zero-order valence-electron chi connectivity index (χ0n) is 11.8. The number of aromatic nitrogens is 5. The molecular weight excluding hydrogens is 318 g/mol. The SMILES string of the molecule is CSc1nn2c(=O)c(-c3cn(C)c4ccccc34)nnc2s1. The predicted octanol–water partition coefficient (Wildman–Crippen LogP) is 2.43. The number of hydrogen-bond acceptors (Lipinski definition) is 6. The van der Waals surface area contributed by atoms with Crippen molar-refractivity contribution in [3.05, 3.63) is 40.8 Å². The Kier molecular flexibility index (Phi) is 3.02. The van der Waals surface area contributed by atoms with Crippen molar-refractivity contribution in [1.82, 2.24) is 24.4 Å². The molecular formula is C14H11N5OS2. The van der Waals surface area contributed by atoms with E-state index >= 15 is 0 Å². The van der Waals surface area contributed by atoms with Crippen LogP contribution in [0.1, 0.15) is 0 Å². The first-order chi connectivity index (χ1) is 10.7. The van der Waals surface area contributed by atoms with Crippen LogP contribution in [0.15, 0.2) is 39.6 Å². The Labute approximate surface area is 133 Å². The van der Waals surface area contributed by atoms with Crippen molar-refractivity contribution < 1.29 is 0 Å². The van der Waals surface area contributed by atoms with Gasteiger partial charge in [-0.1, -0.05) is 41.3 Å². The monoisotopic (exact) mass is 329 g/mol. The number of benzene rings is 1. The minimum Gasteiger partial charge on any atom is -0.350 e. The smallest absolute Gasteiger partial charge is 0.302 e. The van der Waals surface area contributed by atoms with Crippen molar-refractivity contribution >= 4 is 39.0 Å². The van der Waals surface area contributed by atoms with Crippen LogP contribution in [0, 0.1) is 0 Å². The van der Waals surface area contributed by atoms with Crippen molar-refractivity contribution in [3.8, 4) is 11.3 Å². The summed E-state index contributed by atoms with van der Waals surface area (Å²) in [4.78, 5) is 13.2. The second-order valence-electron chi connectivity index (χ2n) is 4.79. The van der Waals surface area contributed by atoms with Crippen LogP contribution in [0.25, 0.3) is 27.1 Å². The molecule has 0 aliphatic carbocycles. The Morgan fingerprint density at radius 2 is 2.05 bits per heavy atom. The van der Waals surface area contributed by atoms with Crippen molar-refractivity contribution in [3.63, 3.8) is 0 Å². The van der Waals surface area contributed by atoms with E-state index in [1.807, 2.05) is 48.3 Å². The molecule has 22 heavy (non-hydrogen) atoms. The molecule has 0 amide bonds. The third-order valence-corrected chi connectivity index (χ3v) is 5.37. The Bertz CT molecular complexity index is 1060. The fourth-order valence-electron chi connectivity index (χ4n) is 2.48. The van der Waals surface area contributed by atoms with Gasteiger partial charge < -0.3 is 4.57 Å². The van der Waals surface area contributed by atoms with Crippen molar-refractivity contribution in [2.75, 3.05) is 6.26 Å². The predicted molar refractivity (Wildman–Crippen MR) is 88.6 cm³/mol. The summed E-state index contributed by atoms with van der Waals surface area (Å²) in [6.07, 6.45) is 3.83. The van der Waals surface area contributed by atoms with Gasteiger partial charge in [0.25, 0.3) is 0 Å². The van der Waals surface area contributed by atoms with Gasteiger partial charge in [0.05, 0.1) is 0 Å². The summed E-state index contributed by atoms with van der Waals surface area (Å²) >= 11 is 2.85. The molecule has 4 rings (SSSR count). The van der Waals surface area contributed by atoms with Gasteiger partial charge in [-0.05, 0) is 12.3 Å². The van der Waals surface area contributed by atoms with Crippen LogP contribution in [0.4, 0.5) is 0 Å². The first kappa shape index (κ1) is 13.5. The number of nitrogens with zero attached hydrogens (tertiary/aromatic N) is 5. The molecule has 0 aliphatic heterocycles. The quantitative estimate of drug-likeness (QED) is 0.529. The molecule has 1 aromatic carbocycles. The van der Waals surface area contributed by atoms with E-state index in [-0.39, 0.29) is 5.56 Å². The molecule has 0 spiro atoms. The molecule has 6 nitrogen and oxygen atoms in total. The molecule has 0 saturated carbocycles. The normalized spacial score (nSPS) is 11.5. The first-order valence-corrected chi connectivity index (χ1v) is 8.58. The lowest BCUT2D eigenvalue weighted by molar-refractivity contribution is 0.829. The maximum Gasteiger partial charge on any atom is 0.302 e. The summed E-state index contributed by atoms with van der Waals surface area (Å²) in [6, 6.07) is 7.91. The van der Waals surface area contributed by atoms with Crippen LogP contribution in [-0.2, 0) is 7.05 Å². The van der Waals surface area contributed by atoms with E-state index in [0.29, 0.717) is 10.7 Å². The van der Waals surface area contributed by atoms with Crippen LogP contribution in [0.2, 0.25) is 0 Å². The van der Waals surface area contributed by atoms with Crippen LogP contribution >= 0.6 is 23.1 Å². The highest BCUT2D eigenvalue weighted by Gasteiger charge is 2.17. The Hall–Kier alpha value is -2.19. The summed E-state index contributed by atoms with van der Waals surface area (Å²) in [5.41, 5.74) is 1.92. The lowest BCUT2D eigenvalue weighted by atomic mass is 10.1. The van der Waals surface area contributed by atoms with Gasteiger partial charge in [0.1, 0.15) is 0 Å². The van der Waals surface area contributed by atoms with Gasteiger partial charge in [0, 0.05) is 29.7 Å². The number of para-hydroxylation sites is 1. The lowest BCUT2D eigenvalue weighted by Crippen LogP contribution is -2.18. The first-order valence-electron chi connectivity index (χ1n) is 6.54. The number of aryl methyl sites for hydroxylation is 1. The second-order valence-corrected chi connectivity index (χ2v) is 6.80. The van der Waals surface area contributed by atoms with Crippen LogP contribution in [-0.4, -0.2) is 30.6 Å². The summed E-state index contributed by atoms with van der Waals surface area (Å²) in [7, 11) is 1.95. The van der Waals surface area contributed by atoms with E-state index in [4.69, 9.17) is 0 Å². The van der Waals surface area contributed by atoms with Crippen LogP contribution < -0.4 is 5.56 Å². The summed E-state index contributed by atoms with van der Waals surface area (Å²) < 4.78 is 4.11. The van der Waals surface area contributed by atoms with E-state index in [9.17, 15) is 4.79 Å². The highest BCUT2D eigenvalue weighted by molar-refractivity contribution is 8.00. The maximum absolute atomic E-state index is 12.7. The van der Waals surface area contributed by atoms with E-state index in [1.165, 1.54) is 27.6 Å². The van der Waals surface area contributed by atoms with E-state index in [1.54, 1.807) is 0 Å². The number of rotatable bonds is 2. The van der Waals surface area contributed by atoms with Crippen LogP contribution in [0.3, 0.4) is 0 Å². The van der Waals surface area contributed by atoms with Crippen molar-refractivity contribution in [1.29, 1.82) is 0 Å². The Morgan fingerprint density at radius 3 is 2.86 bits per heavy atom. The Balaban J connectivity index is 2.04. The van der Waals surface area contributed by atoms with Gasteiger partial charge in [0.2, 0.25) is 4.96 Å². The molecule has 0 saturated heterocycles. The lowest BCUT2D eigenvalue weighted by Gasteiger charge is -1.97. The number of thioether (sulfide) groups is 1. The molecule has 110 valence electrons. The van der Waals surface area contributed by atoms with Gasteiger partial charge in [-0.25, -0.2) is 0 Å². The molecule has 0 unspecified atom stereocenters. The molecule has 8 heteroatoms. The topological polar surface area (TPSA) is 65.1 Å². The van der Waals surface area contributed by atoms with E-state index < -0.39 is 0 Å². The summed E-state index contributed by atoms with van der Waals surface area (Å²) in [5, 5.41) is 13.6. The average molecular weight is 329 g/mol. The molecule has 0 bridgehead atoms. The van der Waals surface area contributed by atoms with Gasteiger partial charge in [-0.15, -0.1) is 15.3 Å². The highest BCUT2D eigenvalue weighted by Crippen LogP contribution is 2.27. The second kappa shape index (κ2) is 4.92. The number of hydrogen-bond donors (Lipinski definition) is 0. The van der Waals surface area contributed by atoms with E-state index in [2.05, 4.69) is 15.3 Å². The fourth-order valence-corrected chi connectivity index (χ4v) is 3.77. The molecule has 3 aromatic heterocycles. The standard InChI is InChI=1S/C14H11N5OS2/c1-18-7-9(8-5-3-4-6-10(8)18)11-12(20)19-13(16-15-11)22-14(17-19)21-2/h3-7H,1-2H3. The molecule has 4 aromatic rings. The highest BCUT2D eigenvalue weighted by atomic mass is 32.2. The molecule has 0 radical (unpaired) electrons. The molecule has 0 aliphatic rings. The van der Waals surface area contributed by atoms with Gasteiger partial charge >= 0.3 is 5.56 Å². The molecule has 3 heterocycles. The fraction of sp³-hybridized carbons (Fsp3) is 0.143. The van der Waals surface area contributed by atoms with E-state index in [0.717, 1.165) is 20.8 Å². The molecule has 0 fully saturated rings. The summed E-state index contributed by atoms with van der Waals surface area (Å²) in [5.74, 6) is 0. The Morgan fingerprint density at radius 1 is 1.23 bits per heavy atom. The molecule has 0 atom stereocenters. The third kappa shape index (κ3) is 1.87. The zero-order chi connectivity index (χ0) is 15.3. The van der Waals surface area contributed by atoms with Gasteiger partial charge in [-0.2, -0.15) is 4.52 Å². The third-order valence-electron chi connectivity index (χ3n) is 3.50. The minimum absolute atomic E-state index is 0.238. The maximum atomic E-state index is 12.7. The van der Waals surface area contributed by atoms with Crippen molar-refractivity contribution in [2.24, 2.45) is 7.05 Å². The molecule has 0 N–H and O–H groups in total. The van der Waals surface area contributed by atoms with Gasteiger partial charge in [0.15, 0.2) is 10.0 Å².